The van der Waals surface area contributed by atoms with Crippen molar-refractivity contribution in [3.63, 3.8) is 0 Å². The molecule has 2 fully saturated rings. The minimum atomic E-state index is -0.0933. The van der Waals surface area contributed by atoms with Crippen molar-refractivity contribution in [3.8, 4) is 28.4 Å². The molecular formula is C26H28N4O4S. The predicted molar refractivity (Wildman–Crippen MR) is 134 cm³/mol. The Morgan fingerprint density at radius 2 is 1.74 bits per heavy atom. The van der Waals surface area contributed by atoms with Crippen molar-refractivity contribution >= 4 is 17.7 Å². The SMILES string of the molecule is O=C1CS[C@@H](c2cn(-c3ccccc3)nc2-c2ccc3c(c2)OCCO3)N1CCN1CCOCC1. The Morgan fingerprint density at radius 3 is 2.57 bits per heavy atom. The molecule has 1 aromatic heterocycles. The fraction of sp³-hybridized carbons (Fsp3) is 0.385. The maximum atomic E-state index is 12.9. The van der Waals surface area contributed by atoms with Crippen molar-refractivity contribution in [2.45, 2.75) is 5.37 Å². The molecule has 6 rings (SSSR count). The van der Waals surface area contributed by atoms with Crippen LogP contribution in [0, 0.1) is 0 Å². The quantitative estimate of drug-likeness (QED) is 0.523. The molecule has 4 heterocycles. The number of thioether (sulfide) groups is 1. The van der Waals surface area contributed by atoms with Gasteiger partial charge in [0.2, 0.25) is 5.91 Å². The molecule has 0 N–H and O–H groups in total. The number of amides is 1. The Bertz CT molecular complexity index is 1200. The molecule has 2 saturated heterocycles. The smallest absolute Gasteiger partial charge is 0.233 e. The number of hydrogen-bond acceptors (Lipinski definition) is 7. The van der Waals surface area contributed by atoms with Crippen LogP contribution in [0.3, 0.4) is 0 Å². The number of carbonyl (C=O) groups excluding carboxylic acids is 1. The zero-order valence-corrected chi connectivity index (χ0v) is 20.3. The normalized spacial score (nSPS) is 20.4. The molecule has 3 aromatic rings. The van der Waals surface area contributed by atoms with E-state index in [0.717, 1.165) is 66.9 Å². The number of benzene rings is 2. The summed E-state index contributed by atoms with van der Waals surface area (Å²) in [6, 6.07) is 16.0. The van der Waals surface area contributed by atoms with Crippen LogP contribution in [0.25, 0.3) is 16.9 Å². The van der Waals surface area contributed by atoms with Crippen molar-refractivity contribution in [2.24, 2.45) is 0 Å². The molecule has 35 heavy (non-hydrogen) atoms. The van der Waals surface area contributed by atoms with Gasteiger partial charge in [-0.1, -0.05) is 18.2 Å². The Labute approximate surface area is 208 Å². The molecule has 8 nitrogen and oxygen atoms in total. The molecule has 0 unspecified atom stereocenters. The van der Waals surface area contributed by atoms with Crippen molar-refractivity contribution in [1.29, 1.82) is 0 Å². The summed E-state index contributed by atoms with van der Waals surface area (Å²) < 4.78 is 18.9. The first-order valence-electron chi connectivity index (χ1n) is 12.0. The van der Waals surface area contributed by atoms with Gasteiger partial charge < -0.3 is 19.1 Å². The maximum absolute atomic E-state index is 12.9. The standard InChI is InChI=1S/C26H28N4O4S/c31-24-18-35-26(29(24)9-8-28-10-12-32-13-11-28)21-17-30(20-4-2-1-3-5-20)27-25(21)19-6-7-22-23(16-19)34-15-14-33-22/h1-7,16-17,26H,8-15,18H2/t26-/m0/s1. The molecule has 3 aliphatic heterocycles. The molecule has 1 atom stereocenters. The van der Waals surface area contributed by atoms with Gasteiger partial charge in [-0.25, -0.2) is 4.68 Å². The van der Waals surface area contributed by atoms with Gasteiger partial charge in [-0.2, -0.15) is 5.10 Å². The lowest BCUT2D eigenvalue weighted by Crippen LogP contribution is -2.42. The lowest BCUT2D eigenvalue weighted by Gasteiger charge is -2.30. The van der Waals surface area contributed by atoms with Crippen LogP contribution in [0.2, 0.25) is 0 Å². The Kier molecular flexibility index (Phi) is 6.37. The molecule has 0 radical (unpaired) electrons. The average molecular weight is 493 g/mol. The fourth-order valence-electron chi connectivity index (χ4n) is 4.72. The summed E-state index contributed by atoms with van der Waals surface area (Å²) in [6.45, 7) is 5.95. The van der Waals surface area contributed by atoms with E-state index in [-0.39, 0.29) is 11.3 Å². The summed E-state index contributed by atoms with van der Waals surface area (Å²) in [5.74, 6) is 2.13. The number of hydrogen-bond donors (Lipinski definition) is 0. The van der Waals surface area contributed by atoms with Crippen molar-refractivity contribution in [1.82, 2.24) is 19.6 Å². The fourth-order valence-corrected chi connectivity index (χ4v) is 5.94. The number of ether oxygens (including phenoxy) is 3. The lowest BCUT2D eigenvalue weighted by atomic mass is 10.1. The third-order valence-corrected chi connectivity index (χ3v) is 7.81. The lowest BCUT2D eigenvalue weighted by molar-refractivity contribution is -0.128. The summed E-state index contributed by atoms with van der Waals surface area (Å²) in [5, 5.41) is 4.90. The topological polar surface area (TPSA) is 69.1 Å². The van der Waals surface area contributed by atoms with Crippen LogP contribution in [-0.2, 0) is 9.53 Å². The Hall–Kier alpha value is -3.01. The third-order valence-electron chi connectivity index (χ3n) is 6.57. The maximum Gasteiger partial charge on any atom is 0.233 e. The number of nitrogens with zero attached hydrogens (tertiary/aromatic N) is 4. The molecule has 1 amide bonds. The molecule has 182 valence electrons. The molecular weight excluding hydrogens is 464 g/mol. The zero-order chi connectivity index (χ0) is 23.6. The highest BCUT2D eigenvalue weighted by Crippen LogP contribution is 2.44. The van der Waals surface area contributed by atoms with E-state index in [1.54, 1.807) is 11.8 Å². The first-order chi connectivity index (χ1) is 17.3. The number of para-hydroxylation sites is 1. The number of morpholine rings is 1. The Morgan fingerprint density at radius 1 is 0.943 bits per heavy atom. The average Bonchev–Trinajstić information content (AvgIpc) is 3.52. The monoisotopic (exact) mass is 492 g/mol. The summed E-state index contributed by atoms with van der Waals surface area (Å²) in [5.41, 5.74) is 3.82. The first-order valence-corrected chi connectivity index (χ1v) is 13.1. The second-order valence-electron chi connectivity index (χ2n) is 8.78. The number of fused-ring (bicyclic) bond motifs is 1. The van der Waals surface area contributed by atoms with E-state index in [4.69, 9.17) is 19.3 Å². The highest BCUT2D eigenvalue weighted by molar-refractivity contribution is 8.00. The molecule has 2 aromatic carbocycles. The zero-order valence-electron chi connectivity index (χ0n) is 19.5. The van der Waals surface area contributed by atoms with Crippen molar-refractivity contribution < 1.29 is 19.0 Å². The minimum Gasteiger partial charge on any atom is -0.486 e. The van der Waals surface area contributed by atoms with Crippen LogP contribution in [0.4, 0.5) is 0 Å². The van der Waals surface area contributed by atoms with Gasteiger partial charge in [0, 0.05) is 43.5 Å². The first kappa shape index (κ1) is 22.5. The number of aromatic nitrogens is 2. The van der Waals surface area contributed by atoms with Crippen LogP contribution in [0.1, 0.15) is 10.9 Å². The second-order valence-corrected chi connectivity index (χ2v) is 9.84. The number of carbonyl (C=O) groups is 1. The van der Waals surface area contributed by atoms with Gasteiger partial charge in [0.15, 0.2) is 11.5 Å². The molecule has 9 heteroatoms. The van der Waals surface area contributed by atoms with E-state index >= 15 is 0 Å². The number of rotatable bonds is 6. The second kappa shape index (κ2) is 9.93. The van der Waals surface area contributed by atoms with Gasteiger partial charge in [0.05, 0.1) is 30.3 Å². The van der Waals surface area contributed by atoms with Crippen LogP contribution < -0.4 is 9.47 Å². The summed E-state index contributed by atoms with van der Waals surface area (Å²) >= 11 is 1.67. The summed E-state index contributed by atoms with van der Waals surface area (Å²) in [4.78, 5) is 17.3. The van der Waals surface area contributed by atoms with Gasteiger partial charge in [-0.15, -0.1) is 11.8 Å². The molecule has 0 spiro atoms. The minimum absolute atomic E-state index is 0.0933. The van der Waals surface area contributed by atoms with E-state index in [1.165, 1.54) is 0 Å². The van der Waals surface area contributed by atoms with Gasteiger partial charge in [0.1, 0.15) is 18.6 Å². The summed E-state index contributed by atoms with van der Waals surface area (Å²) in [7, 11) is 0. The molecule has 0 saturated carbocycles. The van der Waals surface area contributed by atoms with E-state index in [2.05, 4.69) is 11.1 Å². The molecule has 0 aliphatic carbocycles. The molecule has 3 aliphatic rings. The van der Waals surface area contributed by atoms with Gasteiger partial charge in [0.25, 0.3) is 0 Å². The highest BCUT2D eigenvalue weighted by atomic mass is 32.2. The van der Waals surface area contributed by atoms with Crippen molar-refractivity contribution in [3.05, 3.63) is 60.3 Å². The molecule has 0 bridgehead atoms. The van der Waals surface area contributed by atoms with Crippen LogP contribution in [0.5, 0.6) is 11.5 Å². The van der Waals surface area contributed by atoms with Crippen LogP contribution in [-0.4, -0.2) is 83.8 Å². The van der Waals surface area contributed by atoms with Crippen LogP contribution >= 0.6 is 11.8 Å². The third kappa shape index (κ3) is 4.63. The van der Waals surface area contributed by atoms with Gasteiger partial charge >= 0.3 is 0 Å². The predicted octanol–water partition coefficient (Wildman–Crippen LogP) is 3.22. The van der Waals surface area contributed by atoms with Gasteiger partial charge in [-0.3, -0.25) is 9.69 Å². The van der Waals surface area contributed by atoms with E-state index in [9.17, 15) is 4.79 Å². The van der Waals surface area contributed by atoms with E-state index in [1.807, 2.05) is 58.1 Å². The van der Waals surface area contributed by atoms with E-state index in [0.29, 0.717) is 25.5 Å². The van der Waals surface area contributed by atoms with E-state index < -0.39 is 0 Å². The largest absolute Gasteiger partial charge is 0.486 e. The Balaban J connectivity index is 1.35. The van der Waals surface area contributed by atoms with Crippen molar-refractivity contribution in [2.75, 3.05) is 58.4 Å². The van der Waals surface area contributed by atoms with Crippen LogP contribution in [0.15, 0.2) is 54.7 Å². The summed E-state index contributed by atoms with van der Waals surface area (Å²) in [6.07, 6.45) is 2.07. The highest BCUT2D eigenvalue weighted by Gasteiger charge is 2.36. The van der Waals surface area contributed by atoms with Gasteiger partial charge in [-0.05, 0) is 30.3 Å².